The highest BCUT2D eigenvalue weighted by Crippen LogP contribution is 2.23. The van der Waals surface area contributed by atoms with E-state index >= 15 is 0 Å². The van der Waals surface area contributed by atoms with Crippen molar-refractivity contribution in [2.75, 3.05) is 20.8 Å². The molecule has 0 aromatic carbocycles. The van der Waals surface area contributed by atoms with Gasteiger partial charge in [-0.15, -0.1) is 11.3 Å². The summed E-state index contributed by atoms with van der Waals surface area (Å²) < 4.78 is 10.2. The van der Waals surface area contributed by atoms with Crippen LogP contribution < -0.4 is 0 Å². The van der Waals surface area contributed by atoms with Gasteiger partial charge >= 0.3 is 5.97 Å². The number of thiazole rings is 1. The van der Waals surface area contributed by atoms with Crippen LogP contribution in [0.4, 0.5) is 0 Å². The molecular weight excluding hydrogens is 252 g/mol. The molecule has 18 heavy (non-hydrogen) atoms. The minimum atomic E-state index is -0.220. The van der Waals surface area contributed by atoms with Crippen LogP contribution in [0.1, 0.15) is 17.1 Å². The van der Waals surface area contributed by atoms with Crippen molar-refractivity contribution in [3.8, 4) is 0 Å². The molecular formula is C12H18N2O3S. The topological polar surface area (TPSA) is 51.7 Å². The first-order chi connectivity index (χ1) is 8.63. The van der Waals surface area contributed by atoms with Crippen molar-refractivity contribution in [3.05, 3.63) is 16.1 Å². The maximum absolute atomic E-state index is 11.7. The van der Waals surface area contributed by atoms with Gasteiger partial charge in [0.15, 0.2) is 0 Å². The molecule has 2 atom stereocenters. The van der Waals surface area contributed by atoms with Crippen molar-refractivity contribution in [3.63, 3.8) is 0 Å². The van der Waals surface area contributed by atoms with Crippen LogP contribution in [0.25, 0.3) is 0 Å². The van der Waals surface area contributed by atoms with Crippen LogP contribution >= 0.6 is 11.3 Å². The van der Waals surface area contributed by atoms with Gasteiger partial charge in [-0.2, -0.15) is 0 Å². The van der Waals surface area contributed by atoms with E-state index in [0.29, 0.717) is 13.0 Å². The highest BCUT2D eigenvalue weighted by atomic mass is 32.1. The maximum Gasteiger partial charge on any atom is 0.323 e. The summed E-state index contributed by atoms with van der Waals surface area (Å²) in [5, 5.41) is 3.08. The first-order valence-electron chi connectivity index (χ1n) is 5.89. The van der Waals surface area contributed by atoms with Crippen LogP contribution in [0, 0.1) is 6.92 Å². The van der Waals surface area contributed by atoms with Gasteiger partial charge in [-0.25, -0.2) is 4.98 Å². The Labute approximate surface area is 111 Å². The predicted molar refractivity (Wildman–Crippen MR) is 68.5 cm³/mol. The van der Waals surface area contributed by atoms with Crippen LogP contribution in [0.3, 0.4) is 0 Å². The van der Waals surface area contributed by atoms with Gasteiger partial charge in [0, 0.05) is 32.0 Å². The van der Waals surface area contributed by atoms with Gasteiger partial charge < -0.3 is 9.47 Å². The number of nitrogens with zero attached hydrogens (tertiary/aromatic N) is 2. The Morgan fingerprint density at radius 2 is 2.39 bits per heavy atom. The van der Waals surface area contributed by atoms with Gasteiger partial charge in [-0.1, -0.05) is 0 Å². The molecule has 2 rings (SSSR count). The molecule has 0 unspecified atom stereocenters. The summed E-state index contributed by atoms with van der Waals surface area (Å²) in [4.78, 5) is 18.3. The fraction of sp³-hybridized carbons (Fsp3) is 0.667. The summed E-state index contributed by atoms with van der Waals surface area (Å²) in [7, 11) is 3.10. The number of rotatable bonds is 4. The zero-order valence-electron chi connectivity index (χ0n) is 10.9. The highest BCUT2D eigenvalue weighted by Gasteiger charge is 2.37. The molecule has 1 aromatic heterocycles. The average Bonchev–Trinajstić information content (AvgIpc) is 2.95. The van der Waals surface area contributed by atoms with Crippen LogP contribution in [0.15, 0.2) is 5.38 Å². The van der Waals surface area contributed by atoms with Gasteiger partial charge in [0.25, 0.3) is 0 Å². The van der Waals surface area contributed by atoms with Crippen LogP contribution in [0.2, 0.25) is 0 Å². The third-order valence-corrected chi connectivity index (χ3v) is 4.03. The molecule has 1 saturated heterocycles. The summed E-state index contributed by atoms with van der Waals surface area (Å²) in [6.07, 6.45) is 0.778. The van der Waals surface area contributed by atoms with Gasteiger partial charge in [-0.05, 0) is 6.92 Å². The zero-order valence-corrected chi connectivity index (χ0v) is 11.7. The van der Waals surface area contributed by atoms with E-state index in [1.807, 2.05) is 12.3 Å². The molecule has 0 aliphatic carbocycles. The van der Waals surface area contributed by atoms with E-state index in [2.05, 4.69) is 9.88 Å². The van der Waals surface area contributed by atoms with Gasteiger partial charge in [0.05, 0.1) is 23.9 Å². The molecule has 0 N–H and O–H groups in total. The monoisotopic (exact) mass is 270 g/mol. The molecule has 1 aliphatic rings. The fourth-order valence-electron chi connectivity index (χ4n) is 2.28. The molecule has 1 aromatic rings. The first kappa shape index (κ1) is 13.5. The number of ether oxygens (including phenoxy) is 2. The number of hydrogen-bond acceptors (Lipinski definition) is 6. The second kappa shape index (κ2) is 5.77. The third kappa shape index (κ3) is 2.88. The molecule has 0 spiro atoms. The summed E-state index contributed by atoms with van der Waals surface area (Å²) in [6.45, 7) is 3.39. The average molecular weight is 270 g/mol. The Morgan fingerprint density at radius 1 is 1.61 bits per heavy atom. The van der Waals surface area contributed by atoms with E-state index in [9.17, 15) is 4.79 Å². The van der Waals surface area contributed by atoms with Gasteiger partial charge in [-0.3, -0.25) is 9.69 Å². The van der Waals surface area contributed by atoms with Gasteiger partial charge in [0.1, 0.15) is 6.04 Å². The Bertz CT molecular complexity index is 421. The number of hydrogen-bond donors (Lipinski definition) is 0. The second-order valence-corrected chi connectivity index (χ2v) is 5.48. The van der Waals surface area contributed by atoms with Crippen molar-refractivity contribution in [2.45, 2.75) is 32.0 Å². The minimum Gasteiger partial charge on any atom is -0.468 e. The van der Waals surface area contributed by atoms with E-state index in [4.69, 9.17) is 9.47 Å². The lowest BCUT2D eigenvalue weighted by Crippen LogP contribution is -2.36. The number of likely N-dealkylation sites (tertiary alicyclic amines) is 1. The molecule has 1 fully saturated rings. The molecule has 1 aliphatic heterocycles. The van der Waals surface area contributed by atoms with E-state index in [-0.39, 0.29) is 18.1 Å². The lowest BCUT2D eigenvalue weighted by atomic mass is 10.2. The largest absolute Gasteiger partial charge is 0.468 e. The third-order valence-electron chi connectivity index (χ3n) is 3.20. The summed E-state index contributed by atoms with van der Waals surface area (Å²) >= 11 is 1.62. The Kier molecular flexibility index (Phi) is 4.31. The Hall–Kier alpha value is -0.980. The molecule has 5 nitrogen and oxygen atoms in total. The number of aryl methyl sites for hydroxylation is 1. The molecule has 2 heterocycles. The smallest absolute Gasteiger partial charge is 0.323 e. The van der Waals surface area contributed by atoms with Crippen molar-refractivity contribution < 1.29 is 14.3 Å². The number of aromatic nitrogens is 1. The van der Waals surface area contributed by atoms with E-state index in [0.717, 1.165) is 17.2 Å². The van der Waals surface area contributed by atoms with E-state index < -0.39 is 0 Å². The lowest BCUT2D eigenvalue weighted by molar-refractivity contribution is -0.146. The molecule has 100 valence electrons. The predicted octanol–water partition coefficient (Wildman–Crippen LogP) is 1.21. The molecule has 0 saturated carbocycles. The molecule has 6 heteroatoms. The summed E-state index contributed by atoms with van der Waals surface area (Å²) in [5.74, 6) is -0.193. The summed E-state index contributed by atoms with van der Waals surface area (Å²) in [6, 6.07) is -0.220. The van der Waals surface area contributed by atoms with E-state index in [1.54, 1.807) is 18.4 Å². The number of methoxy groups -OCH3 is 2. The standard InChI is InChI=1S/C12H18N2O3S/c1-8-13-9(7-18-8)5-14-6-10(16-2)4-11(14)12(15)17-3/h7,10-11H,4-6H2,1-3H3/t10-,11+/m1/s1. The number of esters is 1. The SMILES string of the molecule is COC(=O)[C@@H]1C[C@@H](OC)CN1Cc1csc(C)n1. The van der Waals surface area contributed by atoms with Crippen LogP contribution in [-0.4, -0.2) is 48.8 Å². The van der Waals surface area contributed by atoms with Crippen molar-refractivity contribution in [1.82, 2.24) is 9.88 Å². The first-order valence-corrected chi connectivity index (χ1v) is 6.77. The Morgan fingerprint density at radius 3 is 2.94 bits per heavy atom. The molecule has 0 radical (unpaired) electrons. The van der Waals surface area contributed by atoms with Crippen molar-refractivity contribution in [1.29, 1.82) is 0 Å². The van der Waals surface area contributed by atoms with E-state index in [1.165, 1.54) is 7.11 Å². The van der Waals surface area contributed by atoms with Crippen molar-refractivity contribution in [2.24, 2.45) is 0 Å². The lowest BCUT2D eigenvalue weighted by Gasteiger charge is -2.20. The van der Waals surface area contributed by atoms with Crippen LogP contribution in [-0.2, 0) is 20.8 Å². The molecule has 0 amide bonds. The normalized spacial score (nSPS) is 24.4. The second-order valence-electron chi connectivity index (χ2n) is 4.42. The minimum absolute atomic E-state index is 0.0915. The fourth-order valence-corrected chi connectivity index (χ4v) is 2.88. The summed E-state index contributed by atoms with van der Waals surface area (Å²) in [5.41, 5.74) is 1.00. The number of carbonyl (C=O) groups excluding carboxylic acids is 1. The highest BCUT2D eigenvalue weighted by molar-refractivity contribution is 7.09. The molecule has 0 bridgehead atoms. The van der Waals surface area contributed by atoms with Crippen molar-refractivity contribution >= 4 is 17.3 Å². The van der Waals surface area contributed by atoms with Gasteiger partial charge in [0.2, 0.25) is 0 Å². The quantitative estimate of drug-likeness (QED) is 0.770. The maximum atomic E-state index is 11.7. The number of carbonyl (C=O) groups is 1. The Balaban J connectivity index is 2.06. The zero-order chi connectivity index (χ0) is 13.1. The van der Waals surface area contributed by atoms with Crippen LogP contribution in [0.5, 0.6) is 0 Å².